The Balaban J connectivity index is 1.76. The lowest BCUT2D eigenvalue weighted by Gasteiger charge is -2.04. The number of hydrogen-bond acceptors (Lipinski definition) is 2. The smallest absolute Gasteiger partial charge is 0.225 e. The molecule has 19 heavy (non-hydrogen) atoms. The van der Waals surface area contributed by atoms with Crippen molar-refractivity contribution >= 4 is 27.7 Å². The molecule has 0 aliphatic heterocycles. The van der Waals surface area contributed by atoms with Crippen LogP contribution >= 0.6 is 15.9 Å². The Hall–Kier alpha value is -1.68. The summed E-state index contributed by atoms with van der Waals surface area (Å²) in [7, 11) is 0. The van der Waals surface area contributed by atoms with Gasteiger partial charge in [0.1, 0.15) is 5.82 Å². The molecule has 98 valence electrons. The molecule has 0 atom stereocenters. The molecule has 1 aromatic carbocycles. The molecule has 1 amide bonds. The predicted octanol–water partition coefficient (Wildman–Crippen LogP) is 3.81. The minimum absolute atomic E-state index is 0.00142. The molecule has 2 aromatic rings. The maximum Gasteiger partial charge on any atom is 0.225 e. The molecular formula is C15H15BrN2O. The minimum Gasteiger partial charge on any atom is -0.311 e. The molecule has 0 aliphatic carbocycles. The first kappa shape index (κ1) is 13.7. The topological polar surface area (TPSA) is 42.0 Å². The Kier molecular flexibility index (Phi) is 5.10. The van der Waals surface area contributed by atoms with Gasteiger partial charge in [-0.2, -0.15) is 0 Å². The summed E-state index contributed by atoms with van der Waals surface area (Å²) in [6.07, 6.45) is 3.91. The fourth-order valence-electron chi connectivity index (χ4n) is 1.78. The molecule has 1 aromatic heterocycles. The number of aryl methyl sites for hydroxylation is 1. The summed E-state index contributed by atoms with van der Waals surface area (Å²) < 4.78 is 0.905. The van der Waals surface area contributed by atoms with Crippen LogP contribution in [0.4, 0.5) is 5.82 Å². The third kappa shape index (κ3) is 4.83. The Morgan fingerprint density at radius 1 is 1.21 bits per heavy atom. The number of halogens is 1. The molecular weight excluding hydrogens is 304 g/mol. The second-order valence-electron chi connectivity index (χ2n) is 4.25. The number of aromatic nitrogens is 1. The van der Waals surface area contributed by atoms with Crippen molar-refractivity contribution in [2.24, 2.45) is 0 Å². The van der Waals surface area contributed by atoms with Gasteiger partial charge in [0.15, 0.2) is 0 Å². The number of carbonyl (C=O) groups excluding carboxylic acids is 1. The van der Waals surface area contributed by atoms with E-state index in [9.17, 15) is 4.79 Å². The van der Waals surface area contributed by atoms with Crippen LogP contribution in [0.2, 0.25) is 0 Å². The number of nitrogens with one attached hydrogen (secondary N) is 1. The van der Waals surface area contributed by atoms with E-state index in [1.807, 2.05) is 24.3 Å². The minimum atomic E-state index is 0.00142. The summed E-state index contributed by atoms with van der Waals surface area (Å²) in [4.78, 5) is 15.8. The van der Waals surface area contributed by atoms with Crippen LogP contribution in [0.25, 0.3) is 0 Å². The van der Waals surface area contributed by atoms with Crippen LogP contribution in [0.15, 0.2) is 53.1 Å². The summed E-state index contributed by atoms with van der Waals surface area (Å²) in [5.74, 6) is 0.584. The average molecular weight is 319 g/mol. The lowest BCUT2D eigenvalue weighted by molar-refractivity contribution is -0.116. The van der Waals surface area contributed by atoms with E-state index in [0.29, 0.717) is 12.2 Å². The molecule has 0 bridgehead atoms. The highest BCUT2D eigenvalue weighted by atomic mass is 79.9. The van der Waals surface area contributed by atoms with Crippen LogP contribution in [0.1, 0.15) is 18.4 Å². The summed E-state index contributed by atoms with van der Waals surface area (Å²) in [6, 6.07) is 13.8. The summed E-state index contributed by atoms with van der Waals surface area (Å²) in [5, 5.41) is 2.79. The van der Waals surface area contributed by atoms with E-state index in [1.165, 1.54) is 5.56 Å². The fourth-order valence-corrected chi connectivity index (χ4v) is 2.11. The number of benzene rings is 1. The van der Waals surface area contributed by atoms with Gasteiger partial charge in [0.2, 0.25) is 5.91 Å². The molecule has 4 heteroatoms. The van der Waals surface area contributed by atoms with Gasteiger partial charge in [0, 0.05) is 17.1 Å². The van der Waals surface area contributed by atoms with E-state index in [2.05, 4.69) is 38.4 Å². The Labute approximate surface area is 121 Å². The molecule has 0 unspecified atom stereocenters. The molecule has 3 nitrogen and oxygen atoms in total. The SMILES string of the molecule is O=C(CCCc1ccccc1)Nc1cc(Br)ccn1. The third-order valence-electron chi connectivity index (χ3n) is 2.70. The fraction of sp³-hybridized carbons (Fsp3) is 0.200. The largest absolute Gasteiger partial charge is 0.311 e. The van der Waals surface area contributed by atoms with Gasteiger partial charge in [0.05, 0.1) is 0 Å². The summed E-state index contributed by atoms with van der Waals surface area (Å²) in [5.41, 5.74) is 1.26. The quantitative estimate of drug-likeness (QED) is 0.911. The predicted molar refractivity (Wildman–Crippen MR) is 79.9 cm³/mol. The van der Waals surface area contributed by atoms with Gasteiger partial charge in [-0.3, -0.25) is 4.79 Å². The number of amides is 1. The number of pyridine rings is 1. The van der Waals surface area contributed by atoms with Crippen LogP contribution in [0.3, 0.4) is 0 Å². The van der Waals surface area contributed by atoms with E-state index < -0.39 is 0 Å². The number of carbonyl (C=O) groups is 1. The molecule has 0 saturated heterocycles. The number of nitrogens with zero attached hydrogens (tertiary/aromatic N) is 1. The molecule has 0 fully saturated rings. The van der Waals surface area contributed by atoms with Crippen molar-refractivity contribution in [2.75, 3.05) is 5.32 Å². The number of hydrogen-bond donors (Lipinski definition) is 1. The van der Waals surface area contributed by atoms with E-state index in [1.54, 1.807) is 12.3 Å². The number of anilines is 1. The van der Waals surface area contributed by atoms with Crippen molar-refractivity contribution in [1.82, 2.24) is 4.98 Å². The second-order valence-corrected chi connectivity index (χ2v) is 5.16. The van der Waals surface area contributed by atoms with Gasteiger partial charge in [0.25, 0.3) is 0 Å². The Bertz CT molecular complexity index is 543. The average Bonchev–Trinajstić information content (AvgIpc) is 2.40. The van der Waals surface area contributed by atoms with Crippen LogP contribution in [-0.2, 0) is 11.2 Å². The van der Waals surface area contributed by atoms with Gasteiger partial charge in [-0.25, -0.2) is 4.98 Å². The third-order valence-corrected chi connectivity index (χ3v) is 3.19. The molecule has 0 saturated carbocycles. The summed E-state index contributed by atoms with van der Waals surface area (Å²) >= 11 is 3.34. The van der Waals surface area contributed by atoms with Gasteiger partial charge in [-0.15, -0.1) is 0 Å². The van der Waals surface area contributed by atoms with Crippen molar-refractivity contribution in [1.29, 1.82) is 0 Å². The van der Waals surface area contributed by atoms with Gasteiger partial charge < -0.3 is 5.32 Å². The van der Waals surface area contributed by atoms with Crippen LogP contribution < -0.4 is 5.32 Å². The van der Waals surface area contributed by atoms with E-state index >= 15 is 0 Å². The lowest BCUT2D eigenvalue weighted by atomic mass is 10.1. The first-order chi connectivity index (χ1) is 9.24. The van der Waals surface area contributed by atoms with Crippen molar-refractivity contribution < 1.29 is 4.79 Å². The second kappa shape index (κ2) is 7.04. The monoisotopic (exact) mass is 318 g/mol. The standard InChI is InChI=1S/C15H15BrN2O/c16-13-9-10-17-14(11-13)18-15(19)8-4-7-12-5-2-1-3-6-12/h1-3,5-6,9-11H,4,7-8H2,(H,17,18,19). The van der Waals surface area contributed by atoms with Gasteiger partial charge in [-0.1, -0.05) is 46.3 Å². The zero-order valence-electron chi connectivity index (χ0n) is 10.5. The highest BCUT2D eigenvalue weighted by molar-refractivity contribution is 9.10. The normalized spacial score (nSPS) is 10.2. The molecule has 0 aliphatic rings. The van der Waals surface area contributed by atoms with E-state index in [4.69, 9.17) is 0 Å². The molecule has 0 radical (unpaired) electrons. The van der Waals surface area contributed by atoms with Gasteiger partial charge >= 0.3 is 0 Å². The summed E-state index contributed by atoms with van der Waals surface area (Å²) in [6.45, 7) is 0. The lowest BCUT2D eigenvalue weighted by Crippen LogP contribution is -2.12. The molecule has 2 rings (SSSR count). The van der Waals surface area contributed by atoms with Crippen molar-refractivity contribution in [2.45, 2.75) is 19.3 Å². The molecule has 1 heterocycles. The first-order valence-corrected chi connectivity index (χ1v) is 6.99. The zero-order chi connectivity index (χ0) is 13.5. The van der Waals surface area contributed by atoms with Crippen LogP contribution in [0, 0.1) is 0 Å². The zero-order valence-corrected chi connectivity index (χ0v) is 12.1. The maximum absolute atomic E-state index is 11.7. The van der Waals surface area contributed by atoms with Crippen LogP contribution in [-0.4, -0.2) is 10.9 Å². The Morgan fingerprint density at radius 3 is 2.74 bits per heavy atom. The van der Waals surface area contributed by atoms with Gasteiger partial charge in [-0.05, 0) is 30.5 Å². The highest BCUT2D eigenvalue weighted by Crippen LogP contribution is 2.13. The molecule has 1 N–H and O–H groups in total. The van der Waals surface area contributed by atoms with E-state index in [0.717, 1.165) is 17.3 Å². The molecule has 0 spiro atoms. The number of rotatable bonds is 5. The van der Waals surface area contributed by atoms with Crippen molar-refractivity contribution in [3.05, 3.63) is 58.7 Å². The van der Waals surface area contributed by atoms with Crippen LogP contribution in [0.5, 0.6) is 0 Å². The highest BCUT2D eigenvalue weighted by Gasteiger charge is 2.03. The van der Waals surface area contributed by atoms with Crippen molar-refractivity contribution in [3.8, 4) is 0 Å². The van der Waals surface area contributed by atoms with Crippen molar-refractivity contribution in [3.63, 3.8) is 0 Å². The maximum atomic E-state index is 11.7. The van der Waals surface area contributed by atoms with E-state index in [-0.39, 0.29) is 5.91 Å². The first-order valence-electron chi connectivity index (χ1n) is 6.19. The Morgan fingerprint density at radius 2 is 2.00 bits per heavy atom.